The molecule has 0 saturated carbocycles. The second-order valence-corrected chi connectivity index (χ2v) is 6.62. The number of ether oxygens (including phenoxy) is 2. The standard InChI is InChI=1S/C20H22N2O3/c1-14-4-6-17-16(9-14)3-2-8-22(17)12-20(23)21-11-15-5-7-18-19(10-15)25-13-24-18/h4-7,9-10H,2-3,8,11-13H2,1H3,(H,21,23). The van der Waals surface area contributed by atoms with Gasteiger partial charge in [0.15, 0.2) is 11.5 Å². The van der Waals surface area contributed by atoms with Crippen LogP contribution in [0.15, 0.2) is 36.4 Å². The number of nitrogens with zero attached hydrogens (tertiary/aromatic N) is 1. The summed E-state index contributed by atoms with van der Waals surface area (Å²) in [7, 11) is 0. The molecule has 0 saturated heterocycles. The minimum atomic E-state index is 0.0334. The monoisotopic (exact) mass is 338 g/mol. The number of anilines is 1. The van der Waals surface area contributed by atoms with Crippen LogP contribution in [0.5, 0.6) is 11.5 Å². The molecule has 0 unspecified atom stereocenters. The normalized spacial score (nSPS) is 15.0. The van der Waals surface area contributed by atoms with Crippen LogP contribution in [-0.2, 0) is 17.8 Å². The molecule has 0 bridgehead atoms. The zero-order valence-electron chi connectivity index (χ0n) is 14.4. The quantitative estimate of drug-likeness (QED) is 0.931. The van der Waals surface area contributed by atoms with E-state index < -0.39 is 0 Å². The Bertz CT molecular complexity index is 804. The maximum atomic E-state index is 12.4. The molecule has 1 N–H and O–H groups in total. The number of carbonyl (C=O) groups excluding carboxylic acids is 1. The van der Waals surface area contributed by atoms with Crippen LogP contribution in [0.3, 0.4) is 0 Å². The third kappa shape index (κ3) is 3.40. The summed E-state index contributed by atoms with van der Waals surface area (Å²) in [6.07, 6.45) is 2.18. The highest BCUT2D eigenvalue weighted by atomic mass is 16.7. The first kappa shape index (κ1) is 15.8. The second-order valence-electron chi connectivity index (χ2n) is 6.62. The van der Waals surface area contributed by atoms with Crippen LogP contribution in [0.4, 0.5) is 5.69 Å². The molecular formula is C20H22N2O3. The molecule has 1 amide bonds. The van der Waals surface area contributed by atoms with Crippen molar-refractivity contribution >= 4 is 11.6 Å². The Kier molecular flexibility index (Phi) is 4.22. The van der Waals surface area contributed by atoms with Gasteiger partial charge in [-0.1, -0.05) is 23.8 Å². The minimum absolute atomic E-state index is 0.0334. The van der Waals surface area contributed by atoms with E-state index in [2.05, 4.69) is 35.3 Å². The third-order valence-electron chi connectivity index (χ3n) is 4.71. The van der Waals surface area contributed by atoms with Gasteiger partial charge >= 0.3 is 0 Å². The summed E-state index contributed by atoms with van der Waals surface area (Å²) in [5.74, 6) is 1.54. The molecule has 0 fully saturated rings. The molecule has 25 heavy (non-hydrogen) atoms. The summed E-state index contributed by atoms with van der Waals surface area (Å²) in [5.41, 5.74) is 4.81. The van der Waals surface area contributed by atoms with E-state index in [1.54, 1.807) is 0 Å². The number of nitrogens with one attached hydrogen (secondary N) is 1. The second kappa shape index (κ2) is 6.67. The van der Waals surface area contributed by atoms with E-state index >= 15 is 0 Å². The van der Waals surface area contributed by atoms with Gasteiger partial charge in [0.1, 0.15) is 0 Å². The number of hydrogen-bond donors (Lipinski definition) is 1. The van der Waals surface area contributed by atoms with Crippen molar-refractivity contribution in [3.63, 3.8) is 0 Å². The van der Waals surface area contributed by atoms with Gasteiger partial charge in [-0.15, -0.1) is 0 Å². The van der Waals surface area contributed by atoms with Gasteiger partial charge < -0.3 is 19.7 Å². The van der Waals surface area contributed by atoms with Gasteiger partial charge in [-0.3, -0.25) is 4.79 Å². The molecular weight excluding hydrogens is 316 g/mol. The lowest BCUT2D eigenvalue weighted by molar-refractivity contribution is -0.119. The Morgan fingerprint density at radius 1 is 1.16 bits per heavy atom. The van der Waals surface area contributed by atoms with Crippen LogP contribution in [0.2, 0.25) is 0 Å². The Hall–Kier alpha value is -2.69. The van der Waals surface area contributed by atoms with Crippen molar-refractivity contribution in [3.05, 3.63) is 53.1 Å². The molecule has 5 heteroatoms. The van der Waals surface area contributed by atoms with Gasteiger partial charge in [-0.25, -0.2) is 0 Å². The first-order chi connectivity index (χ1) is 12.2. The first-order valence-electron chi connectivity index (χ1n) is 8.69. The lowest BCUT2D eigenvalue weighted by atomic mass is 9.99. The lowest BCUT2D eigenvalue weighted by Crippen LogP contribution is -2.39. The van der Waals surface area contributed by atoms with Gasteiger partial charge in [0, 0.05) is 18.8 Å². The highest BCUT2D eigenvalue weighted by molar-refractivity contribution is 5.82. The Morgan fingerprint density at radius 3 is 2.96 bits per heavy atom. The van der Waals surface area contributed by atoms with Crippen molar-refractivity contribution in [2.75, 3.05) is 24.8 Å². The molecule has 0 aliphatic carbocycles. The van der Waals surface area contributed by atoms with Gasteiger partial charge in [0.25, 0.3) is 0 Å². The van der Waals surface area contributed by atoms with Crippen molar-refractivity contribution in [1.82, 2.24) is 5.32 Å². The maximum Gasteiger partial charge on any atom is 0.239 e. The smallest absolute Gasteiger partial charge is 0.239 e. The lowest BCUT2D eigenvalue weighted by Gasteiger charge is -2.31. The van der Waals surface area contributed by atoms with Gasteiger partial charge in [0.05, 0.1) is 6.54 Å². The summed E-state index contributed by atoms with van der Waals surface area (Å²) in [4.78, 5) is 14.6. The highest BCUT2D eigenvalue weighted by Crippen LogP contribution is 2.32. The topological polar surface area (TPSA) is 50.8 Å². The molecule has 2 aliphatic rings. The van der Waals surface area contributed by atoms with E-state index in [-0.39, 0.29) is 12.7 Å². The number of aryl methyl sites for hydroxylation is 2. The molecule has 2 aliphatic heterocycles. The van der Waals surface area contributed by atoms with Crippen LogP contribution >= 0.6 is 0 Å². The van der Waals surface area contributed by atoms with Crippen LogP contribution in [-0.4, -0.2) is 25.8 Å². The molecule has 0 spiro atoms. The van der Waals surface area contributed by atoms with E-state index in [4.69, 9.17) is 9.47 Å². The van der Waals surface area contributed by atoms with E-state index in [1.165, 1.54) is 16.8 Å². The Morgan fingerprint density at radius 2 is 2.04 bits per heavy atom. The molecule has 0 aromatic heterocycles. The predicted octanol–water partition coefficient (Wildman–Crippen LogP) is 2.79. The maximum absolute atomic E-state index is 12.4. The van der Waals surface area contributed by atoms with Crippen molar-refractivity contribution in [2.45, 2.75) is 26.3 Å². The van der Waals surface area contributed by atoms with Gasteiger partial charge in [0.2, 0.25) is 12.7 Å². The fourth-order valence-corrected chi connectivity index (χ4v) is 3.45. The SMILES string of the molecule is Cc1ccc2c(c1)CCCN2CC(=O)NCc1ccc2c(c1)OCO2. The number of rotatable bonds is 4. The average Bonchev–Trinajstić information content (AvgIpc) is 3.07. The van der Waals surface area contributed by atoms with Crippen LogP contribution in [0.25, 0.3) is 0 Å². The van der Waals surface area contributed by atoms with Crippen LogP contribution in [0, 0.1) is 6.92 Å². The predicted molar refractivity (Wildman–Crippen MR) is 96.1 cm³/mol. The summed E-state index contributed by atoms with van der Waals surface area (Å²) in [6.45, 7) is 4.18. The number of amides is 1. The van der Waals surface area contributed by atoms with E-state index in [0.29, 0.717) is 13.1 Å². The molecule has 0 atom stereocenters. The molecule has 130 valence electrons. The summed E-state index contributed by atoms with van der Waals surface area (Å²) in [6, 6.07) is 12.2. The van der Waals surface area contributed by atoms with Crippen molar-refractivity contribution in [2.24, 2.45) is 0 Å². The zero-order valence-corrected chi connectivity index (χ0v) is 14.4. The van der Waals surface area contributed by atoms with Crippen LogP contribution < -0.4 is 19.7 Å². The number of hydrogen-bond acceptors (Lipinski definition) is 4. The number of carbonyl (C=O) groups is 1. The van der Waals surface area contributed by atoms with E-state index in [9.17, 15) is 4.79 Å². The molecule has 4 rings (SSSR count). The van der Waals surface area contributed by atoms with Crippen molar-refractivity contribution in [1.29, 1.82) is 0 Å². The van der Waals surface area contributed by atoms with Crippen molar-refractivity contribution in [3.8, 4) is 11.5 Å². The highest BCUT2D eigenvalue weighted by Gasteiger charge is 2.19. The Balaban J connectivity index is 1.37. The zero-order chi connectivity index (χ0) is 17.2. The summed E-state index contributed by atoms with van der Waals surface area (Å²) >= 11 is 0. The number of fused-ring (bicyclic) bond motifs is 2. The first-order valence-corrected chi connectivity index (χ1v) is 8.69. The molecule has 2 aromatic rings. The fraction of sp³-hybridized carbons (Fsp3) is 0.350. The van der Waals surface area contributed by atoms with E-state index in [1.807, 2.05) is 18.2 Å². The molecule has 2 heterocycles. The van der Waals surface area contributed by atoms with Gasteiger partial charge in [-0.2, -0.15) is 0 Å². The molecule has 5 nitrogen and oxygen atoms in total. The summed E-state index contributed by atoms with van der Waals surface area (Å²) in [5, 5.41) is 3.00. The molecule has 0 radical (unpaired) electrons. The fourth-order valence-electron chi connectivity index (χ4n) is 3.45. The minimum Gasteiger partial charge on any atom is -0.454 e. The summed E-state index contributed by atoms with van der Waals surface area (Å²) < 4.78 is 10.7. The number of benzene rings is 2. The van der Waals surface area contributed by atoms with E-state index in [0.717, 1.165) is 36.4 Å². The van der Waals surface area contributed by atoms with Gasteiger partial charge in [-0.05, 0) is 49.1 Å². The third-order valence-corrected chi connectivity index (χ3v) is 4.71. The van der Waals surface area contributed by atoms with Crippen LogP contribution in [0.1, 0.15) is 23.1 Å². The largest absolute Gasteiger partial charge is 0.454 e. The van der Waals surface area contributed by atoms with Crippen molar-refractivity contribution < 1.29 is 14.3 Å². The molecule has 2 aromatic carbocycles. The average molecular weight is 338 g/mol. The Labute approximate surface area is 147 Å².